The number of aromatic nitrogens is 3. The number of aryl methyl sites for hydroxylation is 1. The van der Waals surface area contributed by atoms with Gasteiger partial charge in [0.1, 0.15) is 12.4 Å². The van der Waals surface area contributed by atoms with Crippen molar-refractivity contribution in [1.82, 2.24) is 19.4 Å². The summed E-state index contributed by atoms with van der Waals surface area (Å²) in [5.74, 6) is 1.75. The number of hydrogen-bond acceptors (Lipinski definition) is 8. The number of benzene rings is 2. The molecule has 36 heavy (non-hydrogen) atoms. The molecule has 0 bridgehead atoms. The van der Waals surface area contributed by atoms with Crippen LogP contribution in [0.5, 0.6) is 17.2 Å². The van der Waals surface area contributed by atoms with Gasteiger partial charge >= 0.3 is 0 Å². The Balaban J connectivity index is 1.32. The third-order valence-corrected chi connectivity index (χ3v) is 6.03. The third-order valence-electron chi connectivity index (χ3n) is 6.03. The molecule has 0 amide bonds. The summed E-state index contributed by atoms with van der Waals surface area (Å²) in [6.07, 6.45) is 5.55. The van der Waals surface area contributed by atoms with Gasteiger partial charge < -0.3 is 29.6 Å². The number of hydrogen-bond donors (Lipinski definition) is 3. The van der Waals surface area contributed by atoms with Crippen LogP contribution in [0.4, 0.5) is 11.6 Å². The predicted octanol–water partition coefficient (Wildman–Crippen LogP) is 3.79. The zero-order valence-electron chi connectivity index (χ0n) is 20.3. The Bertz CT molecular complexity index is 1340. The summed E-state index contributed by atoms with van der Waals surface area (Å²) in [5, 5.41) is 23.3. The van der Waals surface area contributed by atoms with Gasteiger partial charge in [-0.1, -0.05) is 30.3 Å². The van der Waals surface area contributed by atoms with E-state index in [2.05, 4.69) is 21.3 Å². The monoisotopic (exact) mass is 487 g/mol. The number of β-amino-alcohol motifs (C(OH)–C–C–N with tert-alkyl or cyclic N) is 1. The Kier molecular flexibility index (Phi) is 6.75. The van der Waals surface area contributed by atoms with E-state index in [0.29, 0.717) is 37.1 Å². The van der Waals surface area contributed by atoms with Gasteiger partial charge in [0.2, 0.25) is 11.7 Å². The fourth-order valence-electron chi connectivity index (χ4n) is 4.17. The molecule has 0 aliphatic carbocycles. The van der Waals surface area contributed by atoms with Crippen molar-refractivity contribution >= 4 is 11.6 Å². The number of methoxy groups -OCH3 is 1. The number of nitrogens with one attached hydrogen (secondary N) is 1. The lowest BCUT2D eigenvalue weighted by atomic mass is 10.1. The van der Waals surface area contributed by atoms with Gasteiger partial charge in [-0.05, 0) is 24.1 Å². The van der Waals surface area contributed by atoms with Crippen molar-refractivity contribution in [3.8, 4) is 23.1 Å². The lowest BCUT2D eigenvalue weighted by Crippen LogP contribution is -2.49. The maximum Gasteiger partial charge on any atom is 0.229 e. The van der Waals surface area contributed by atoms with E-state index in [1.807, 2.05) is 54.2 Å². The first-order valence-corrected chi connectivity index (χ1v) is 11.7. The van der Waals surface area contributed by atoms with E-state index >= 15 is 0 Å². The molecule has 3 heterocycles. The zero-order chi connectivity index (χ0) is 25.1. The van der Waals surface area contributed by atoms with Gasteiger partial charge in [0.05, 0.1) is 13.2 Å². The van der Waals surface area contributed by atoms with Crippen molar-refractivity contribution in [2.45, 2.75) is 26.2 Å². The lowest BCUT2D eigenvalue weighted by molar-refractivity contribution is -0.00285. The lowest BCUT2D eigenvalue weighted by Gasteiger charge is -2.35. The van der Waals surface area contributed by atoms with Crippen LogP contribution in [0.1, 0.15) is 16.7 Å². The van der Waals surface area contributed by atoms with E-state index in [1.165, 1.54) is 7.11 Å². The van der Waals surface area contributed by atoms with E-state index in [4.69, 9.17) is 14.5 Å². The number of aliphatic hydroxyl groups is 1. The molecule has 0 atom stereocenters. The molecule has 0 saturated carbocycles. The minimum absolute atomic E-state index is 0.0497. The highest BCUT2D eigenvalue weighted by molar-refractivity contribution is 5.65. The smallest absolute Gasteiger partial charge is 0.229 e. The largest absolute Gasteiger partial charge is 0.504 e. The molecular weight excluding hydrogens is 458 g/mol. The average molecular weight is 488 g/mol. The van der Waals surface area contributed by atoms with Crippen LogP contribution in [0, 0.1) is 6.92 Å². The number of anilines is 2. The van der Waals surface area contributed by atoms with E-state index < -0.39 is 0 Å². The highest BCUT2D eigenvalue weighted by Crippen LogP contribution is 2.40. The molecule has 9 heteroatoms. The topological polar surface area (TPSA) is 105 Å². The molecule has 5 rings (SSSR count). The Labute approximate surface area is 209 Å². The summed E-state index contributed by atoms with van der Waals surface area (Å²) < 4.78 is 13.3. The van der Waals surface area contributed by atoms with Crippen molar-refractivity contribution in [2.75, 3.05) is 25.5 Å². The first kappa shape index (κ1) is 23.7. The highest BCUT2D eigenvalue weighted by atomic mass is 16.5. The summed E-state index contributed by atoms with van der Waals surface area (Å²) in [6.45, 7) is 4.46. The van der Waals surface area contributed by atoms with E-state index in [0.717, 1.165) is 29.1 Å². The quantitative estimate of drug-likeness (QED) is 0.328. The second-order valence-corrected chi connectivity index (χ2v) is 8.90. The van der Waals surface area contributed by atoms with Gasteiger partial charge in [0, 0.05) is 61.6 Å². The summed E-state index contributed by atoms with van der Waals surface area (Å²) >= 11 is 0. The van der Waals surface area contributed by atoms with Crippen LogP contribution in [0.2, 0.25) is 0 Å². The molecule has 1 fully saturated rings. The van der Waals surface area contributed by atoms with Crippen molar-refractivity contribution in [3.63, 3.8) is 0 Å². The molecule has 3 N–H and O–H groups in total. The van der Waals surface area contributed by atoms with E-state index in [9.17, 15) is 10.2 Å². The number of nitrogens with zero attached hydrogens (tertiary/aromatic N) is 4. The van der Waals surface area contributed by atoms with Crippen LogP contribution in [0.25, 0.3) is 5.82 Å². The summed E-state index contributed by atoms with van der Waals surface area (Å²) in [7, 11) is 1.53. The van der Waals surface area contributed by atoms with Gasteiger partial charge in [0.25, 0.3) is 0 Å². The summed E-state index contributed by atoms with van der Waals surface area (Å²) in [5.41, 5.74) is 3.62. The van der Waals surface area contributed by atoms with Crippen LogP contribution in [0.3, 0.4) is 0 Å². The van der Waals surface area contributed by atoms with Crippen molar-refractivity contribution in [3.05, 3.63) is 83.8 Å². The van der Waals surface area contributed by atoms with Crippen molar-refractivity contribution < 1.29 is 19.7 Å². The molecule has 186 valence electrons. The molecule has 9 nitrogen and oxygen atoms in total. The summed E-state index contributed by atoms with van der Waals surface area (Å²) in [4.78, 5) is 11.3. The van der Waals surface area contributed by atoms with Crippen LogP contribution in [-0.4, -0.2) is 56.0 Å². The molecule has 0 radical (unpaired) electrons. The first-order chi connectivity index (χ1) is 17.5. The van der Waals surface area contributed by atoms with Gasteiger partial charge in [0.15, 0.2) is 11.5 Å². The Morgan fingerprint density at radius 2 is 1.92 bits per heavy atom. The number of phenolic OH excluding ortho intramolecular Hbond substituents is 1. The molecule has 2 aromatic heterocycles. The SMILES string of the molecule is COc1cc(Nc2ncc(C)c(-n3ccc(CN4CC(O)C4)c3)n2)cc(O)c1OCc1ccccc1. The second-order valence-electron chi connectivity index (χ2n) is 8.90. The standard InChI is InChI=1S/C27H29N5O4/c1-18-12-28-27(30-26(18)32-9-8-20(14-32)13-31-15-22(33)16-31)29-21-10-23(34)25(24(11-21)35-2)36-17-19-6-4-3-5-7-19/h3-12,14,22,33-34H,13,15-17H2,1-2H3,(H,28,29,30). The molecule has 1 saturated heterocycles. The molecule has 0 spiro atoms. The minimum Gasteiger partial charge on any atom is -0.504 e. The fraction of sp³-hybridized carbons (Fsp3) is 0.259. The average Bonchev–Trinajstić information content (AvgIpc) is 3.32. The maximum absolute atomic E-state index is 10.6. The fourth-order valence-corrected chi connectivity index (χ4v) is 4.17. The number of ether oxygens (including phenoxy) is 2. The Hall–Kier alpha value is -4.08. The van der Waals surface area contributed by atoms with Crippen LogP contribution < -0.4 is 14.8 Å². The highest BCUT2D eigenvalue weighted by Gasteiger charge is 2.24. The maximum atomic E-state index is 10.6. The second kappa shape index (κ2) is 10.3. The number of aromatic hydroxyl groups is 1. The number of rotatable bonds is 9. The number of likely N-dealkylation sites (tertiary alicyclic amines) is 1. The van der Waals surface area contributed by atoms with Gasteiger partial charge in [-0.2, -0.15) is 4.98 Å². The zero-order valence-corrected chi connectivity index (χ0v) is 20.3. The Morgan fingerprint density at radius 1 is 1.11 bits per heavy atom. The van der Waals surface area contributed by atoms with Gasteiger partial charge in [-0.15, -0.1) is 0 Å². The van der Waals surface area contributed by atoms with Crippen molar-refractivity contribution in [1.29, 1.82) is 0 Å². The molecule has 1 aliphatic rings. The predicted molar refractivity (Wildman–Crippen MR) is 136 cm³/mol. The minimum atomic E-state index is -0.215. The van der Waals surface area contributed by atoms with Gasteiger partial charge in [-0.25, -0.2) is 4.98 Å². The molecule has 0 unspecified atom stereocenters. The van der Waals surface area contributed by atoms with Crippen LogP contribution >= 0.6 is 0 Å². The van der Waals surface area contributed by atoms with E-state index in [1.54, 1.807) is 18.3 Å². The number of phenols is 1. The Morgan fingerprint density at radius 3 is 2.67 bits per heavy atom. The molecular formula is C27H29N5O4. The number of aliphatic hydroxyl groups excluding tert-OH is 1. The third kappa shape index (κ3) is 5.27. The summed E-state index contributed by atoms with van der Waals surface area (Å²) in [6, 6.07) is 15.1. The van der Waals surface area contributed by atoms with Crippen LogP contribution in [0.15, 0.2) is 67.1 Å². The molecule has 1 aliphatic heterocycles. The van der Waals surface area contributed by atoms with Crippen molar-refractivity contribution in [2.24, 2.45) is 0 Å². The molecule has 4 aromatic rings. The van der Waals surface area contributed by atoms with Gasteiger partial charge in [-0.3, -0.25) is 4.90 Å². The van der Waals surface area contributed by atoms with Crippen LogP contribution in [-0.2, 0) is 13.2 Å². The van der Waals surface area contributed by atoms with E-state index in [-0.39, 0.29) is 17.6 Å². The normalized spacial score (nSPS) is 13.9. The molecule has 2 aromatic carbocycles. The first-order valence-electron chi connectivity index (χ1n) is 11.7.